The zero-order chi connectivity index (χ0) is 16.7. The van der Waals surface area contributed by atoms with Crippen molar-refractivity contribution in [3.8, 4) is 11.5 Å². The molecule has 1 aromatic rings. The normalized spacial score (nSPS) is 20.9. The van der Waals surface area contributed by atoms with Gasteiger partial charge in [0.1, 0.15) is 0 Å². The van der Waals surface area contributed by atoms with E-state index in [0.717, 1.165) is 23.8 Å². The minimum Gasteiger partial charge on any atom is -0.493 e. The Morgan fingerprint density at radius 3 is 2.58 bits per heavy atom. The molecule has 0 aromatic heterocycles. The highest BCUT2D eigenvalue weighted by Gasteiger charge is 2.20. The number of hydrogen-bond donors (Lipinski definition) is 2. The van der Waals surface area contributed by atoms with E-state index in [2.05, 4.69) is 17.2 Å². The van der Waals surface area contributed by atoms with Crippen LogP contribution in [0.4, 0.5) is 0 Å². The van der Waals surface area contributed by atoms with E-state index in [-0.39, 0.29) is 24.0 Å². The van der Waals surface area contributed by atoms with E-state index < -0.39 is 0 Å². The lowest BCUT2D eigenvalue weighted by Gasteiger charge is -2.28. The van der Waals surface area contributed by atoms with Crippen molar-refractivity contribution in [1.82, 2.24) is 5.32 Å². The summed E-state index contributed by atoms with van der Waals surface area (Å²) in [6.07, 6.45) is 5.31. The lowest BCUT2D eigenvalue weighted by molar-refractivity contribution is 0.256. The van der Waals surface area contributed by atoms with Crippen LogP contribution >= 0.6 is 24.0 Å². The molecule has 2 rings (SSSR count). The van der Waals surface area contributed by atoms with Gasteiger partial charge >= 0.3 is 0 Å². The quantitative estimate of drug-likeness (QED) is 0.398. The molecule has 1 aliphatic rings. The van der Waals surface area contributed by atoms with Crippen molar-refractivity contribution in [2.75, 3.05) is 20.8 Å². The zero-order valence-corrected chi connectivity index (χ0v) is 17.2. The first-order valence-corrected chi connectivity index (χ1v) is 8.38. The molecule has 2 unspecified atom stereocenters. The molecular formula is C18H30IN3O2. The van der Waals surface area contributed by atoms with Gasteiger partial charge in [0.25, 0.3) is 0 Å². The van der Waals surface area contributed by atoms with E-state index in [4.69, 9.17) is 15.2 Å². The van der Waals surface area contributed by atoms with Crippen molar-refractivity contribution < 1.29 is 9.47 Å². The van der Waals surface area contributed by atoms with E-state index in [9.17, 15) is 0 Å². The number of methoxy groups -OCH3 is 2. The van der Waals surface area contributed by atoms with Crippen molar-refractivity contribution in [2.24, 2.45) is 22.6 Å². The summed E-state index contributed by atoms with van der Waals surface area (Å²) in [5.41, 5.74) is 7.03. The van der Waals surface area contributed by atoms with Crippen LogP contribution in [0.1, 0.15) is 38.2 Å². The summed E-state index contributed by atoms with van der Waals surface area (Å²) in [5, 5.41) is 3.28. The minimum absolute atomic E-state index is 0. The van der Waals surface area contributed by atoms with Crippen LogP contribution in [0.3, 0.4) is 0 Å². The van der Waals surface area contributed by atoms with Gasteiger partial charge < -0.3 is 20.5 Å². The molecule has 0 amide bonds. The summed E-state index contributed by atoms with van der Waals surface area (Å²) >= 11 is 0. The topological polar surface area (TPSA) is 68.9 Å². The van der Waals surface area contributed by atoms with Crippen LogP contribution in [-0.4, -0.2) is 26.7 Å². The first kappa shape index (κ1) is 20.9. The molecule has 3 N–H and O–H groups in total. The summed E-state index contributed by atoms with van der Waals surface area (Å²) in [6, 6.07) is 5.79. The van der Waals surface area contributed by atoms with Crippen LogP contribution in [0.25, 0.3) is 0 Å². The molecule has 24 heavy (non-hydrogen) atoms. The standard InChI is InChI=1S/C18H29N3O2.HI/c1-13-6-4-5-7-15(13)12-21-18(19)20-11-14-8-9-16(22-2)17(10-14)23-3;/h8-10,13,15H,4-7,11-12H2,1-3H3,(H3,19,20,21);1H. The number of nitrogens with two attached hydrogens (primary N) is 1. The Morgan fingerprint density at radius 1 is 1.21 bits per heavy atom. The Labute approximate surface area is 162 Å². The van der Waals surface area contributed by atoms with Gasteiger partial charge in [0.05, 0.1) is 20.8 Å². The van der Waals surface area contributed by atoms with Crippen LogP contribution in [-0.2, 0) is 6.54 Å². The Hall–Kier alpha value is -1.18. The van der Waals surface area contributed by atoms with Gasteiger partial charge in [-0.05, 0) is 36.0 Å². The highest BCUT2D eigenvalue weighted by Crippen LogP contribution is 2.29. The van der Waals surface area contributed by atoms with Crippen molar-refractivity contribution in [2.45, 2.75) is 39.2 Å². The first-order chi connectivity index (χ1) is 11.1. The van der Waals surface area contributed by atoms with Crippen molar-refractivity contribution in [1.29, 1.82) is 0 Å². The molecule has 136 valence electrons. The zero-order valence-electron chi connectivity index (χ0n) is 14.9. The molecule has 1 fully saturated rings. The van der Waals surface area contributed by atoms with Crippen LogP contribution in [0.5, 0.6) is 11.5 Å². The molecule has 1 aromatic carbocycles. The predicted molar refractivity (Wildman–Crippen MR) is 109 cm³/mol. The third-order valence-electron chi connectivity index (χ3n) is 4.71. The number of hydrogen-bond acceptors (Lipinski definition) is 3. The Morgan fingerprint density at radius 2 is 1.92 bits per heavy atom. The average Bonchev–Trinajstić information content (AvgIpc) is 2.58. The largest absolute Gasteiger partial charge is 0.493 e. The molecule has 1 aliphatic carbocycles. The van der Waals surface area contributed by atoms with Crippen molar-refractivity contribution >= 4 is 29.9 Å². The van der Waals surface area contributed by atoms with Gasteiger partial charge in [-0.25, -0.2) is 4.99 Å². The van der Waals surface area contributed by atoms with Crippen LogP contribution in [0.15, 0.2) is 23.2 Å². The predicted octanol–water partition coefficient (Wildman–Crippen LogP) is 3.55. The van der Waals surface area contributed by atoms with E-state index in [0.29, 0.717) is 24.2 Å². The third kappa shape index (κ3) is 6.03. The van der Waals surface area contributed by atoms with Crippen molar-refractivity contribution in [3.05, 3.63) is 23.8 Å². The molecule has 0 heterocycles. The summed E-state index contributed by atoms with van der Waals surface area (Å²) in [7, 11) is 3.26. The number of nitrogens with zero attached hydrogens (tertiary/aromatic N) is 1. The van der Waals surface area contributed by atoms with Gasteiger partial charge in [0, 0.05) is 6.54 Å². The van der Waals surface area contributed by atoms with E-state index in [1.54, 1.807) is 14.2 Å². The molecule has 5 nitrogen and oxygen atoms in total. The molecule has 0 aliphatic heterocycles. The summed E-state index contributed by atoms with van der Waals surface area (Å²) in [6.45, 7) is 3.78. The van der Waals surface area contributed by atoms with Gasteiger partial charge in [-0.15, -0.1) is 24.0 Å². The van der Waals surface area contributed by atoms with Gasteiger partial charge in [-0.2, -0.15) is 0 Å². The summed E-state index contributed by atoms with van der Waals surface area (Å²) in [4.78, 5) is 4.42. The monoisotopic (exact) mass is 447 g/mol. The second-order valence-electron chi connectivity index (χ2n) is 6.29. The molecule has 1 saturated carbocycles. The maximum Gasteiger partial charge on any atom is 0.188 e. The maximum absolute atomic E-state index is 5.99. The Balaban J connectivity index is 0.00000288. The van der Waals surface area contributed by atoms with Gasteiger partial charge in [0.2, 0.25) is 0 Å². The number of aliphatic imine (C=N–C) groups is 1. The molecule has 6 heteroatoms. The number of ether oxygens (including phenoxy) is 2. The molecule has 0 spiro atoms. The highest BCUT2D eigenvalue weighted by molar-refractivity contribution is 14.0. The molecule has 0 saturated heterocycles. The molecule has 0 radical (unpaired) electrons. The number of guanidine groups is 1. The fourth-order valence-electron chi connectivity index (χ4n) is 3.14. The lowest BCUT2D eigenvalue weighted by Crippen LogP contribution is -2.38. The fraction of sp³-hybridized carbons (Fsp3) is 0.611. The highest BCUT2D eigenvalue weighted by atomic mass is 127. The number of rotatable bonds is 6. The van der Waals surface area contributed by atoms with Gasteiger partial charge in [-0.1, -0.05) is 32.3 Å². The second kappa shape index (κ2) is 10.6. The average molecular weight is 447 g/mol. The molecule has 2 atom stereocenters. The number of nitrogens with one attached hydrogen (secondary N) is 1. The Bertz CT molecular complexity index is 537. The fourth-order valence-corrected chi connectivity index (χ4v) is 3.14. The lowest BCUT2D eigenvalue weighted by atomic mass is 9.80. The third-order valence-corrected chi connectivity index (χ3v) is 4.71. The molecular weight excluding hydrogens is 417 g/mol. The van der Waals surface area contributed by atoms with Crippen molar-refractivity contribution in [3.63, 3.8) is 0 Å². The first-order valence-electron chi connectivity index (χ1n) is 8.38. The Kier molecular flexibility index (Phi) is 9.25. The van der Waals surface area contributed by atoms with Crippen LogP contribution in [0, 0.1) is 11.8 Å². The maximum atomic E-state index is 5.99. The van der Waals surface area contributed by atoms with E-state index >= 15 is 0 Å². The van der Waals surface area contributed by atoms with Gasteiger partial charge in [-0.3, -0.25) is 0 Å². The summed E-state index contributed by atoms with van der Waals surface area (Å²) < 4.78 is 10.5. The SMILES string of the molecule is COc1ccc(CN=C(N)NCC2CCCCC2C)cc1OC.I. The van der Waals surface area contributed by atoms with E-state index in [1.807, 2.05) is 18.2 Å². The van der Waals surface area contributed by atoms with Gasteiger partial charge in [0.15, 0.2) is 17.5 Å². The van der Waals surface area contributed by atoms with E-state index in [1.165, 1.54) is 25.7 Å². The molecule has 0 bridgehead atoms. The number of benzene rings is 1. The minimum atomic E-state index is 0. The summed E-state index contributed by atoms with van der Waals surface area (Å²) in [5.74, 6) is 3.42. The number of halogens is 1. The second-order valence-corrected chi connectivity index (χ2v) is 6.29. The smallest absolute Gasteiger partial charge is 0.188 e. The van der Waals surface area contributed by atoms with Crippen LogP contribution < -0.4 is 20.5 Å². The van der Waals surface area contributed by atoms with Crippen LogP contribution in [0.2, 0.25) is 0 Å².